The van der Waals surface area contributed by atoms with Crippen molar-refractivity contribution in [3.8, 4) is 5.88 Å². The van der Waals surface area contributed by atoms with E-state index in [9.17, 15) is 9.90 Å². The molecule has 0 radical (unpaired) electrons. The molecule has 5 rings (SSSR count). The lowest BCUT2D eigenvalue weighted by molar-refractivity contribution is 0.0853. The molecule has 4 aromatic rings. The van der Waals surface area contributed by atoms with Crippen molar-refractivity contribution in [1.82, 2.24) is 9.78 Å². The van der Waals surface area contributed by atoms with Gasteiger partial charge in [-0.2, -0.15) is 0 Å². The Kier molecular flexibility index (Phi) is 6.81. The number of aromatic nitrogens is 2. The molecule has 34 heavy (non-hydrogen) atoms. The third-order valence-corrected chi connectivity index (χ3v) is 7.82. The minimum Gasteiger partial charge on any atom is -0.493 e. The summed E-state index contributed by atoms with van der Waals surface area (Å²) in [7, 11) is 0. The summed E-state index contributed by atoms with van der Waals surface area (Å²) in [5, 5.41) is 14.6. The Morgan fingerprint density at radius 2 is 1.59 bits per heavy atom. The standard InChI is InChI=1S/C27H25ClN2O3S/c28-22-8-4-5-9-23(22)34-25-26(31)29-30(27(25)32)24(20-6-2-1-3-7-20)21-12-10-18(11-13-21)19-14-16-33-17-15-19/h1-13,19,24,32H,14-17H2,(H,29,31). The van der Waals surface area contributed by atoms with E-state index in [-0.39, 0.29) is 16.3 Å². The van der Waals surface area contributed by atoms with E-state index in [4.69, 9.17) is 16.3 Å². The Morgan fingerprint density at radius 1 is 0.941 bits per heavy atom. The molecule has 2 N–H and O–H groups in total. The monoisotopic (exact) mass is 492 g/mol. The molecule has 1 atom stereocenters. The molecule has 0 amide bonds. The van der Waals surface area contributed by atoms with Crippen LogP contribution in [-0.4, -0.2) is 28.1 Å². The van der Waals surface area contributed by atoms with Gasteiger partial charge >= 0.3 is 0 Å². The second-order valence-electron chi connectivity index (χ2n) is 8.36. The van der Waals surface area contributed by atoms with Gasteiger partial charge in [-0.05, 0) is 47.6 Å². The Morgan fingerprint density at radius 3 is 2.29 bits per heavy atom. The molecule has 1 aliphatic rings. The van der Waals surface area contributed by atoms with Gasteiger partial charge < -0.3 is 9.84 Å². The fraction of sp³-hybridized carbons (Fsp3) is 0.222. The quantitative estimate of drug-likeness (QED) is 0.335. The van der Waals surface area contributed by atoms with Crippen LogP contribution < -0.4 is 5.56 Å². The van der Waals surface area contributed by atoms with E-state index in [2.05, 4.69) is 29.4 Å². The number of benzene rings is 3. The van der Waals surface area contributed by atoms with Crippen LogP contribution in [0.4, 0.5) is 0 Å². The predicted molar refractivity (Wildman–Crippen MR) is 135 cm³/mol. The fourth-order valence-corrected chi connectivity index (χ4v) is 5.56. The summed E-state index contributed by atoms with van der Waals surface area (Å²) in [6.07, 6.45) is 2.05. The van der Waals surface area contributed by atoms with Gasteiger partial charge in [-0.25, -0.2) is 4.68 Å². The number of aromatic hydroxyl groups is 1. The molecule has 1 fully saturated rings. The van der Waals surface area contributed by atoms with Gasteiger partial charge in [0.2, 0.25) is 5.88 Å². The lowest BCUT2D eigenvalue weighted by Crippen LogP contribution is -2.17. The van der Waals surface area contributed by atoms with E-state index in [0.717, 1.165) is 48.9 Å². The maximum absolute atomic E-state index is 12.9. The number of rotatable bonds is 6. The van der Waals surface area contributed by atoms with E-state index in [1.165, 1.54) is 5.56 Å². The van der Waals surface area contributed by atoms with Crippen LogP contribution >= 0.6 is 23.4 Å². The average Bonchev–Trinajstić information content (AvgIpc) is 3.15. The molecule has 0 bridgehead atoms. The van der Waals surface area contributed by atoms with Gasteiger partial charge in [0.05, 0.1) is 5.02 Å². The molecule has 2 heterocycles. The first-order valence-corrected chi connectivity index (χ1v) is 12.5. The molecule has 0 aliphatic carbocycles. The first kappa shape index (κ1) is 22.8. The zero-order chi connectivity index (χ0) is 23.5. The molecule has 174 valence electrons. The molecule has 1 aromatic heterocycles. The van der Waals surface area contributed by atoms with Crippen LogP contribution in [0.25, 0.3) is 0 Å². The van der Waals surface area contributed by atoms with Gasteiger partial charge in [0.15, 0.2) is 0 Å². The normalized spacial score (nSPS) is 15.3. The van der Waals surface area contributed by atoms with Crippen molar-refractivity contribution in [3.05, 3.63) is 111 Å². The van der Waals surface area contributed by atoms with Crippen molar-refractivity contribution in [1.29, 1.82) is 0 Å². The minimum atomic E-state index is -0.391. The lowest BCUT2D eigenvalue weighted by Gasteiger charge is -2.24. The van der Waals surface area contributed by atoms with Crippen molar-refractivity contribution >= 4 is 23.4 Å². The summed E-state index contributed by atoms with van der Waals surface area (Å²) < 4.78 is 7.04. The third kappa shape index (κ3) is 4.67. The van der Waals surface area contributed by atoms with Crippen LogP contribution in [0.1, 0.15) is 41.5 Å². The molecule has 1 aliphatic heterocycles. The number of hydrogen-bond donors (Lipinski definition) is 2. The molecule has 7 heteroatoms. The number of ether oxygens (including phenoxy) is 1. The SMILES string of the molecule is O=c1[nH]n(C(c2ccccc2)c2ccc(C3CCOCC3)cc2)c(O)c1Sc1ccccc1Cl. The van der Waals surface area contributed by atoms with E-state index in [1.807, 2.05) is 48.5 Å². The molecular formula is C27H25ClN2O3S. The molecule has 1 saturated heterocycles. The van der Waals surface area contributed by atoms with Crippen LogP contribution in [0.2, 0.25) is 5.02 Å². The van der Waals surface area contributed by atoms with Gasteiger partial charge in [-0.1, -0.05) is 90.1 Å². The van der Waals surface area contributed by atoms with E-state index in [1.54, 1.807) is 10.7 Å². The third-order valence-electron chi connectivity index (χ3n) is 6.23. The van der Waals surface area contributed by atoms with Gasteiger partial charge in [-0.3, -0.25) is 9.89 Å². The van der Waals surface area contributed by atoms with Crippen LogP contribution in [0.15, 0.2) is 93.4 Å². The van der Waals surface area contributed by atoms with Crippen LogP contribution in [0.5, 0.6) is 5.88 Å². The van der Waals surface area contributed by atoms with Crippen molar-refractivity contribution in [2.45, 2.75) is 34.6 Å². The molecule has 3 aromatic carbocycles. The molecule has 0 saturated carbocycles. The van der Waals surface area contributed by atoms with Crippen molar-refractivity contribution in [2.24, 2.45) is 0 Å². The largest absolute Gasteiger partial charge is 0.493 e. The smallest absolute Gasteiger partial charge is 0.282 e. The van der Waals surface area contributed by atoms with Crippen molar-refractivity contribution in [2.75, 3.05) is 13.2 Å². The van der Waals surface area contributed by atoms with Gasteiger partial charge in [0.1, 0.15) is 10.9 Å². The van der Waals surface area contributed by atoms with E-state index >= 15 is 0 Å². The second kappa shape index (κ2) is 10.1. The molecular weight excluding hydrogens is 468 g/mol. The van der Waals surface area contributed by atoms with E-state index < -0.39 is 6.04 Å². The average molecular weight is 493 g/mol. The lowest BCUT2D eigenvalue weighted by atomic mass is 9.89. The number of halogens is 1. The number of hydrogen-bond acceptors (Lipinski definition) is 4. The first-order chi connectivity index (χ1) is 16.6. The summed E-state index contributed by atoms with van der Waals surface area (Å²) in [5.41, 5.74) is 2.86. The maximum Gasteiger partial charge on any atom is 0.282 e. The Hall–Kier alpha value is -2.93. The highest BCUT2D eigenvalue weighted by Gasteiger charge is 2.25. The number of nitrogens with zero attached hydrogens (tertiary/aromatic N) is 1. The number of aromatic amines is 1. The first-order valence-electron chi connectivity index (χ1n) is 11.3. The zero-order valence-corrected chi connectivity index (χ0v) is 20.1. The summed E-state index contributed by atoms with van der Waals surface area (Å²) in [4.78, 5) is 13.8. The second-order valence-corrected chi connectivity index (χ2v) is 9.82. The van der Waals surface area contributed by atoms with Gasteiger partial charge in [-0.15, -0.1) is 0 Å². The molecule has 0 spiro atoms. The minimum absolute atomic E-state index is 0.114. The van der Waals surface area contributed by atoms with Gasteiger partial charge in [0.25, 0.3) is 5.56 Å². The Bertz CT molecular complexity index is 1310. The number of nitrogens with one attached hydrogen (secondary N) is 1. The highest BCUT2D eigenvalue weighted by molar-refractivity contribution is 7.99. The van der Waals surface area contributed by atoms with Crippen molar-refractivity contribution in [3.63, 3.8) is 0 Å². The highest BCUT2D eigenvalue weighted by Crippen LogP contribution is 2.39. The number of H-pyrrole nitrogens is 1. The van der Waals surface area contributed by atoms with E-state index in [0.29, 0.717) is 15.8 Å². The molecule has 5 nitrogen and oxygen atoms in total. The summed E-state index contributed by atoms with van der Waals surface area (Å²) >= 11 is 7.45. The topological polar surface area (TPSA) is 67.2 Å². The zero-order valence-electron chi connectivity index (χ0n) is 18.5. The fourth-order valence-electron chi connectivity index (χ4n) is 4.45. The Balaban J connectivity index is 1.54. The van der Waals surface area contributed by atoms with Crippen LogP contribution in [-0.2, 0) is 4.74 Å². The highest BCUT2D eigenvalue weighted by atomic mass is 35.5. The Labute approximate surface area is 207 Å². The van der Waals surface area contributed by atoms with Crippen LogP contribution in [0.3, 0.4) is 0 Å². The summed E-state index contributed by atoms with van der Waals surface area (Å²) in [6, 6.07) is 25.2. The maximum atomic E-state index is 12.9. The van der Waals surface area contributed by atoms with Crippen molar-refractivity contribution < 1.29 is 9.84 Å². The van der Waals surface area contributed by atoms with Gasteiger partial charge in [0, 0.05) is 18.1 Å². The van der Waals surface area contributed by atoms with Crippen LogP contribution in [0, 0.1) is 0 Å². The predicted octanol–water partition coefficient (Wildman–Crippen LogP) is 6.22. The summed E-state index contributed by atoms with van der Waals surface area (Å²) in [6.45, 7) is 1.59. The molecule has 1 unspecified atom stereocenters. The summed E-state index contributed by atoms with van der Waals surface area (Å²) in [5.74, 6) is 0.383.